The van der Waals surface area contributed by atoms with Crippen molar-refractivity contribution in [3.05, 3.63) is 21.9 Å². The van der Waals surface area contributed by atoms with Gasteiger partial charge in [0.15, 0.2) is 5.75 Å². The van der Waals surface area contributed by atoms with E-state index in [1.165, 1.54) is 11.3 Å². The number of hydrogen-bond donors (Lipinski definition) is 2. The number of carboxylic acids is 1. The molecule has 0 aromatic carbocycles. The Hall–Kier alpha value is -0.920. The smallest absolute Gasteiger partial charge is 0.320 e. The lowest BCUT2D eigenvalue weighted by Crippen LogP contribution is -2.29. The zero-order chi connectivity index (χ0) is 11.5. The predicted molar refractivity (Wildman–Crippen MR) is 57.3 cm³/mol. The second-order valence-electron chi connectivity index (χ2n) is 3.05. The third kappa shape index (κ3) is 3.98. The lowest BCUT2D eigenvalue weighted by molar-refractivity contribution is -0.134. The van der Waals surface area contributed by atoms with Crippen LogP contribution in [0.2, 0.25) is 0 Å². The van der Waals surface area contributed by atoms with Crippen LogP contribution in [0.5, 0.6) is 0 Å². The third-order valence-electron chi connectivity index (χ3n) is 1.76. The summed E-state index contributed by atoms with van der Waals surface area (Å²) in [7, 11) is -3.72. The molecule has 5 nitrogen and oxygen atoms in total. The van der Waals surface area contributed by atoms with Crippen molar-refractivity contribution in [2.45, 2.75) is 13.5 Å². The number of rotatable bonds is 5. The van der Waals surface area contributed by atoms with Crippen LogP contribution in [-0.2, 0) is 21.4 Å². The molecule has 1 rings (SSSR count). The third-order valence-corrected chi connectivity index (χ3v) is 3.88. The van der Waals surface area contributed by atoms with E-state index >= 15 is 0 Å². The van der Waals surface area contributed by atoms with Crippen LogP contribution in [-0.4, -0.2) is 25.2 Å². The highest BCUT2D eigenvalue weighted by Gasteiger charge is 2.15. The van der Waals surface area contributed by atoms with Gasteiger partial charge in [0.05, 0.1) is 0 Å². The molecule has 2 N–H and O–H groups in total. The summed E-state index contributed by atoms with van der Waals surface area (Å²) in [6.07, 6.45) is 0. The van der Waals surface area contributed by atoms with Crippen LogP contribution in [0.1, 0.15) is 11.1 Å². The van der Waals surface area contributed by atoms with Gasteiger partial charge >= 0.3 is 5.97 Å². The molecule has 0 aliphatic rings. The first-order valence-corrected chi connectivity index (χ1v) is 6.71. The average molecular weight is 249 g/mol. The van der Waals surface area contributed by atoms with Gasteiger partial charge in [-0.25, -0.2) is 13.1 Å². The number of aliphatic carboxylic acids is 1. The minimum atomic E-state index is -3.72. The van der Waals surface area contributed by atoms with Crippen LogP contribution in [0, 0.1) is 6.92 Å². The molecule has 0 amide bonds. The van der Waals surface area contributed by atoms with Crippen molar-refractivity contribution in [2.75, 3.05) is 5.75 Å². The number of sulfonamides is 1. The Bertz CT molecular complexity index is 449. The van der Waals surface area contributed by atoms with Crippen molar-refractivity contribution < 1.29 is 18.3 Å². The number of hydrogen-bond acceptors (Lipinski definition) is 4. The van der Waals surface area contributed by atoms with Crippen LogP contribution < -0.4 is 4.72 Å². The van der Waals surface area contributed by atoms with Gasteiger partial charge in [-0.3, -0.25) is 4.79 Å². The second kappa shape index (κ2) is 4.73. The maximum Gasteiger partial charge on any atom is 0.320 e. The van der Waals surface area contributed by atoms with Gasteiger partial charge in [-0.1, -0.05) is 0 Å². The first-order valence-electron chi connectivity index (χ1n) is 4.11. The van der Waals surface area contributed by atoms with Gasteiger partial charge in [-0.15, -0.1) is 0 Å². The van der Waals surface area contributed by atoms with Gasteiger partial charge in [-0.2, -0.15) is 11.3 Å². The first kappa shape index (κ1) is 12.2. The minimum absolute atomic E-state index is 0.144. The molecule has 0 radical (unpaired) electrons. The van der Waals surface area contributed by atoms with Gasteiger partial charge in [0.25, 0.3) is 0 Å². The normalized spacial score (nSPS) is 11.5. The van der Waals surface area contributed by atoms with E-state index in [1.54, 1.807) is 0 Å². The van der Waals surface area contributed by atoms with Crippen molar-refractivity contribution >= 4 is 27.3 Å². The van der Waals surface area contributed by atoms with Crippen LogP contribution in [0.15, 0.2) is 10.8 Å². The Labute approximate surface area is 91.8 Å². The van der Waals surface area contributed by atoms with Crippen molar-refractivity contribution in [2.24, 2.45) is 0 Å². The number of carbonyl (C=O) groups is 1. The van der Waals surface area contributed by atoms with E-state index in [1.807, 2.05) is 17.7 Å². The highest BCUT2D eigenvalue weighted by Crippen LogP contribution is 2.13. The molecule has 0 unspecified atom stereocenters. The SMILES string of the molecule is Cc1cscc1CNS(=O)(=O)CC(=O)O. The van der Waals surface area contributed by atoms with Crippen molar-refractivity contribution in [3.8, 4) is 0 Å². The van der Waals surface area contributed by atoms with Gasteiger partial charge in [-0.05, 0) is 28.8 Å². The highest BCUT2D eigenvalue weighted by atomic mass is 32.2. The molecular formula is C8H11NO4S2. The largest absolute Gasteiger partial charge is 0.480 e. The summed E-state index contributed by atoms with van der Waals surface area (Å²) >= 11 is 1.48. The molecule has 1 aromatic rings. The zero-order valence-corrected chi connectivity index (χ0v) is 9.69. The van der Waals surface area contributed by atoms with E-state index in [-0.39, 0.29) is 6.54 Å². The maximum atomic E-state index is 11.2. The Morgan fingerprint density at radius 1 is 1.53 bits per heavy atom. The Kier molecular flexibility index (Phi) is 3.83. The quantitative estimate of drug-likeness (QED) is 0.798. The molecule has 0 bridgehead atoms. The first-order chi connectivity index (χ1) is 6.91. The van der Waals surface area contributed by atoms with E-state index in [2.05, 4.69) is 4.72 Å². The standard InChI is InChI=1S/C8H11NO4S2/c1-6-3-14-4-7(6)2-9-15(12,13)5-8(10)11/h3-4,9H,2,5H2,1H3,(H,10,11). The van der Waals surface area contributed by atoms with Crippen molar-refractivity contribution in [1.82, 2.24) is 4.72 Å². The Balaban J connectivity index is 2.58. The fourth-order valence-corrected chi connectivity index (χ4v) is 2.63. The molecule has 15 heavy (non-hydrogen) atoms. The molecule has 0 fully saturated rings. The minimum Gasteiger partial charge on any atom is -0.480 e. The molecule has 0 spiro atoms. The number of nitrogens with one attached hydrogen (secondary N) is 1. The van der Waals surface area contributed by atoms with Crippen LogP contribution >= 0.6 is 11.3 Å². The molecule has 7 heteroatoms. The summed E-state index contributed by atoms with van der Waals surface area (Å²) in [6, 6.07) is 0. The van der Waals surface area contributed by atoms with E-state index in [0.29, 0.717) is 0 Å². The molecule has 84 valence electrons. The summed E-state index contributed by atoms with van der Waals surface area (Å²) in [5.74, 6) is -2.25. The lowest BCUT2D eigenvalue weighted by Gasteiger charge is -2.03. The molecule has 1 heterocycles. The molecular weight excluding hydrogens is 238 g/mol. The number of thiophene rings is 1. The fourth-order valence-electron chi connectivity index (χ4n) is 0.969. The zero-order valence-electron chi connectivity index (χ0n) is 8.06. The number of carboxylic acid groups (broad SMARTS) is 1. The molecule has 0 saturated carbocycles. The van der Waals surface area contributed by atoms with Gasteiger partial charge in [0.2, 0.25) is 10.0 Å². The van der Waals surface area contributed by atoms with Crippen molar-refractivity contribution in [3.63, 3.8) is 0 Å². The van der Waals surface area contributed by atoms with Crippen LogP contribution in [0.25, 0.3) is 0 Å². The summed E-state index contributed by atoms with van der Waals surface area (Å²) in [4.78, 5) is 10.2. The van der Waals surface area contributed by atoms with Gasteiger partial charge < -0.3 is 5.11 Å². The molecule has 0 aliphatic heterocycles. The van der Waals surface area contributed by atoms with Gasteiger partial charge in [0, 0.05) is 6.54 Å². The van der Waals surface area contributed by atoms with E-state index in [9.17, 15) is 13.2 Å². The van der Waals surface area contributed by atoms with E-state index in [0.717, 1.165) is 11.1 Å². The van der Waals surface area contributed by atoms with Gasteiger partial charge in [0.1, 0.15) is 0 Å². The second-order valence-corrected chi connectivity index (χ2v) is 5.60. The van der Waals surface area contributed by atoms with E-state index < -0.39 is 21.7 Å². The predicted octanol–water partition coefficient (Wildman–Crippen LogP) is 0.561. The highest BCUT2D eigenvalue weighted by molar-refractivity contribution is 7.90. The fraction of sp³-hybridized carbons (Fsp3) is 0.375. The Morgan fingerprint density at radius 2 is 2.20 bits per heavy atom. The summed E-state index contributed by atoms with van der Waals surface area (Å²) < 4.78 is 24.5. The summed E-state index contributed by atoms with van der Waals surface area (Å²) in [5, 5.41) is 12.1. The van der Waals surface area contributed by atoms with Crippen LogP contribution in [0.3, 0.4) is 0 Å². The number of aryl methyl sites for hydroxylation is 1. The topological polar surface area (TPSA) is 83.5 Å². The average Bonchev–Trinajstić information content (AvgIpc) is 2.45. The Morgan fingerprint density at radius 3 is 2.67 bits per heavy atom. The molecule has 1 aromatic heterocycles. The van der Waals surface area contributed by atoms with Crippen molar-refractivity contribution in [1.29, 1.82) is 0 Å². The van der Waals surface area contributed by atoms with Crippen LogP contribution in [0.4, 0.5) is 0 Å². The summed E-state index contributed by atoms with van der Waals surface area (Å²) in [6.45, 7) is 2.02. The summed E-state index contributed by atoms with van der Waals surface area (Å²) in [5.41, 5.74) is 1.87. The lowest BCUT2D eigenvalue weighted by atomic mass is 10.2. The van der Waals surface area contributed by atoms with E-state index in [4.69, 9.17) is 5.11 Å². The monoisotopic (exact) mass is 249 g/mol. The molecule has 0 atom stereocenters. The maximum absolute atomic E-state index is 11.2. The molecule has 0 saturated heterocycles. The molecule has 0 aliphatic carbocycles.